The van der Waals surface area contributed by atoms with Crippen LogP contribution in [0.1, 0.15) is 12.0 Å². The second-order valence-corrected chi connectivity index (χ2v) is 5.63. The number of fused-ring (bicyclic) bond motifs is 1. The van der Waals surface area contributed by atoms with Crippen LogP contribution in [0.2, 0.25) is 0 Å². The van der Waals surface area contributed by atoms with Gasteiger partial charge in [-0.1, -0.05) is 42.1 Å². The van der Waals surface area contributed by atoms with Crippen molar-refractivity contribution in [2.24, 2.45) is 10.2 Å². The van der Waals surface area contributed by atoms with Crippen molar-refractivity contribution >= 4 is 39.3 Å². The number of phenols is 1. The zero-order chi connectivity index (χ0) is 14.8. The zero-order valence-electron chi connectivity index (χ0n) is 11.0. The topological polar surface area (TPSA) is 82.2 Å². The van der Waals surface area contributed by atoms with E-state index in [0.717, 1.165) is 22.5 Å². The van der Waals surface area contributed by atoms with Gasteiger partial charge in [-0.05, 0) is 16.8 Å². The van der Waals surface area contributed by atoms with Crippen molar-refractivity contribution in [3.63, 3.8) is 0 Å². The first kappa shape index (κ1) is 13.6. The number of aromatic hydroxyl groups is 1. The predicted molar refractivity (Wildman–Crippen MR) is 84.3 cm³/mol. The van der Waals surface area contributed by atoms with E-state index in [-0.39, 0.29) is 11.5 Å². The Bertz CT molecular complexity index is 784. The normalized spacial score (nSPS) is 14.1. The van der Waals surface area contributed by atoms with Gasteiger partial charge in [-0.3, -0.25) is 4.79 Å². The predicted octanol–water partition coefficient (Wildman–Crippen LogP) is 2.87. The molecule has 2 aromatic carbocycles. The summed E-state index contributed by atoms with van der Waals surface area (Å²) in [6.07, 6.45) is 0.444. The highest BCUT2D eigenvalue weighted by molar-refractivity contribution is 8.14. The molecule has 1 aliphatic rings. The summed E-state index contributed by atoms with van der Waals surface area (Å²) in [6, 6.07) is 11.2. The van der Waals surface area contributed by atoms with Crippen molar-refractivity contribution in [3.8, 4) is 5.75 Å². The molecule has 1 aliphatic heterocycles. The highest BCUT2D eigenvalue weighted by Gasteiger charge is 2.20. The number of carboxylic acids is 1. The van der Waals surface area contributed by atoms with E-state index in [1.54, 1.807) is 6.07 Å². The van der Waals surface area contributed by atoms with E-state index in [0.29, 0.717) is 22.7 Å². The Morgan fingerprint density at radius 2 is 2.00 bits per heavy atom. The Kier molecular flexibility index (Phi) is 3.62. The Balaban J connectivity index is 1.90. The average Bonchev–Trinajstić information content (AvgIpc) is 2.93. The molecule has 2 aromatic rings. The first-order chi connectivity index (χ1) is 10.1. The number of phenolic OH excluding ortho intramolecular Hbond substituents is 1. The highest BCUT2D eigenvalue weighted by Crippen LogP contribution is 2.31. The third-order valence-electron chi connectivity index (χ3n) is 3.16. The van der Waals surface area contributed by atoms with Gasteiger partial charge in [-0.15, -0.1) is 5.10 Å². The molecule has 0 saturated heterocycles. The quantitative estimate of drug-likeness (QED) is 0.913. The summed E-state index contributed by atoms with van der Waals surface area (Å²) in [5.41, 5.74) is 1.33. The molecule has 5 nitrogen and oxygen atoms in total. The van der Waals surface area contributed by atoms with Crippen molar-refractivity contribution in [2.75, 3.05) is 5.75 Å². The summed E-state index contributed by atoms with van der Waals surface area (Å²) in [7, 11) is 0. The Morgan fingerprint density at radius 3 is 2.81 bits per heavy atom. The van der Waals surface area contributed by atoms with Crippen molar-refractivity contribution in [2.45, 2.75) is 6.42 Å². The molecule has 0 atom stereocenters. The number of rotatable bonds is 3. The van der Waals surface area contributed by atoms with Crippen LogP contribution in [0.15, 0.2) is 46.6 Å². The van der Waals surface area contributed by atoms with E-state index >= 15 is 0 Å². The van der Waals surface area contributed by atoms with Gasteiger partial charge in [0.1, 0.15) is 10.8 Å². The number of thioether (sulfide) groups is 1. The van der Waals surface area contributed by atoms with Crippen LogP contribution >= 0.6 is 11.8 Å². The molecule has 0 spiro atoms. The lowest BCUT2D eigenvalue weighted by Crippen LogP contribution is -2.06. The third-order valence-corrected chi connectivity index (χ3v) is 4.11. The summed E-state index contributed by atoms with van der Waals surface area (Å²) in [5, 5.41) is 29.5. The molecule has 106 valence electrons. The fraction of sp³-hybridized carbons (Fsp3) is 0.133. The summed E-state index contributed by atoms with van der Waals surface area (Å²) in [5.74, 6) is -0.764. The van der Waals surface area contributed by atoms with E-state index in [9.17, 15) is 9.90 Å². The molecule has 0 bridgehead atoms. The molecule has 0 radical (unpaired) electrons. The Labute approximate surface area is 125 Å². The molecule has 3 rings (SSSR count). The van der Waals surface area contributed by atoms with E-state index in [4.69, 9.17) is 5.11 Å². The number of nitrogens with zero attached hydrogens (tertiary/aromatic N) is 2. The standard InChI is InChI=1S/C15H12N2O3S/c18-12-6-5-9-3-1-2-4-10(9)15(12)11-7-13(17-16-11)21-8-14(19)20/h1-6,18H,7-8H2,(H,19,20). The van der Waals surface area contributed by atoms with Gasteiger partial charge >= 0.3 is 5.97 Å². The maximum Gasteiger partial charge on any atom is 0.313 e. The lowest BCUT2D eigenvalue weighted by molar-refractivity contribution is -0.133. The summed E-state index contributed by atoms with van der Waals surface area (Å²) >= 11 is 1.16. The van der Waals surface area contributed by atoms with Crippen LogP contribution < -0.4 is 0 Å². The van der Waals surface area contributed by atoms with E-state index in [1.165, 1.54) is 0 Å². The molecule has 21 heavy (non-hydrogen) atoms. The van der Waals surface area contributed by atoms with Gasteiger partial charge < -0.3 is 10.2 Å². The fourth-order valence-electron chi connectivity index (χ4n) is 2.26. The van der Waals surface area contributed by atoms with E-state index in [1.807, 2.05) is 30.3 Å². The maximum atomic E-state index is 10.6. The van der Waals surface area contributed by atoms with Crippen LogP contribution in [0.3, 0.4) is 0 Å². The Morgan fingerprint density at radius 1 is 1.19 bits per heavy atom. The SMILES string of the molecule is O=C(O)CSC1=NN=C(c2c(O)ccc3ccccc23)C1. The molecule has 0 fully saturated rings. The third kappa shape index (κ3) is 2.75. The van der Waals surface area contributed by atoms with Crippen LogP contribution in [0.5, 0.6) is 5.75 Å². The average molecular weight is 300 g/mol. The lowest BCUT2D eigenvalue weighted by Gasteiger charge is -2.08. The van der Waals surface area contributed by atoms with Gasteiger partial charge in [0, 0.05) is 12.0 Å². The highest BCUT2D eigenvalue weighted by atomic mass is 32.2. The number of aliphatic carboxylic acids is 1. The van der Waals surface area contributed by atoms with Gasteiger partial charge in [0.05, 0.1) is 11.5 Å². The van der Waals surface area contributed by atoms with E-state index in [2.05, 4.69) is 10.2 Å². The molecule has 0 saturated carbocycles. The van der Waals surface area contributed by atoms with Crippen LogP contribution in [-0.4, -0.2) is 32.7 Å². The molecule has 0 aromatic heterocycles. The molecule has 6 heteroatoms. The lowest BCUT2D eigenvalue weighted by atomic mass is 9.98. The van der Waals surface area contributed by atoms with Crippen LogP contribution in [0.25, 0.3) is 10.8 Å². The van der Waals surface area contributed by atoms with Gasteiger partial charge in [0.2, 0.25) is 0 Å². The number of carboxylic acid groups (broad SMARTS) is 1. The second kappa shape index (κ2) is 5.57. The molecule has 1 heterocycles. The first-order valence-corrected chi connectivity index (χ1v) is 7.33. The van der Waals surface area contributed by atoms with Crippen molar-refractivity contribution < 1.29 is 15.0 Å². The minimum absolute atomic E-state index is 0.0385. The van der Waals surface area contributed by atoms with Crippen molar-refractivity contribution in [1.82, 2.24) is 0 Å². The molecule has 0 aliphatic carbocycles. The molecule has 0 amide bonds. The zero-order valence-corrected chi connectivity index (χ0v) is 11.8. The van der Waals surface area contributed by atoms with E-state index < -0.39 is 5.97 Å². The van der Waals surface area contributed by atoms with Crippen molar-refractivity contribution in [1.29, 1.82) is 0 Å². The molecular weight excluding hydrogens is 288 g/mol. The van der Waals surface area contributed by atoms with Gasteiger partial charge in [0.25, 0.3) is 0 Å². The maximum absolute atomic E-state index is 10.6. The number of benzene rings is 2. The first-order valence-electron chi connectivity index (χ1n) is 6.34. The molecule has 0 unspecified atom stereocenters. The fourth-order valence-corrected chi connectivity index (χ4v) is 2.88. The summed E-state index contributed by atoms with van der Waals surface area (Å²) in [4.78, 5) is 10.6. The molecular formula is C15H12N2O3S. The Hall–Kier alpha value is -2.34. The van der Waals surface area contributed by atoms with Crippen LogP contribution in [-0.2, 0) is 4.79 Å². The summed E-state index contributed by atoms with van der Waals surface area (Å²) < 4.78 is 0. The van der Waals surface area contributed by atoms with Gasteiger partial charge in [0.15, 0.2) is 0 Å². The summed E-state index contributed by atoms with van der Waals surface area (Å²) in [6.45, 7) is 0. The van der Waals surface area contributed by atoms with Crippen LogP contribution in [0.4, 0.5) is 0 Å². The minimum Gasteiger partial charge on any atom is -0.507 e. The number of hydrogen-bond acceptors (Lipinski definition) is 5. The largest absolute Gasteiger partial charge is 0.507 e. The smallest absolute Gasteiger partial charge is 0.313 e. The van der Waals surface area contributed by atoms with Crippen molar-refractivity contribution in [3.05, 3.63) is 42.0 Å². The monoisotopic (exact) mass is 300 g/mol. The number of carbonyl (C=O) groups is 1. The van der Waals surface area contributed by atoms with Gasteiger partial charge in [-0.25, -0.2) is 0 Å². The molecule has 2 N–H and O–H groups in total. The number of hydrogen-bond donors (Lipinski definition) is 2. The van der Waals surface area contributed by atoms with Gasteiger partial charge in [-0.2, -0.15) is 5.10 Å². The van der Waals surface area contributed by atoms with Crippen LogP contribution in [0, 0.1) is 0 Å². The second-order valence-electron chi connectivity index (χ2n) is 4.58. The minimum atomic E-state index is -0.885.